The second-order valence-electron chi connectivity index (χ2n) is 3.28. The molecule has 1 nitrogen and oxygen atoms in total. The summed E-state index contributed by atoms with van der Waals surface area (Å²) in [5.41, 5.74) is 5.40. The lowest BCUT2D eigenvalue weighted by molar-refractivity contribution is 0.0240. The molecule has 0 unspecified atom stereocenters. The SMILES string of the molecule is NC[C@H]1CCCC[C@H]1C(F)F. The third kappa shape index (κ3) is 2.12. The summed E-state index contributed by atoms with van der Waals surface area (Å²) < 4.78 is 24.6. The van der Waals surface area contributed by atoms with Gasteiger partial charge < -0.3 is 5.73 Å². The van der Waals surface area contributed by atoms with Crippen molar-refractivity contribution >= 4 is 0 Å². The molecule has 0 saturated heterocycles. The Labute approximate surface area is 66.0 Å². The summed E-state index contributed by atoms with van der Waals surface area (Å²) in [6.45, 7) is 0.426. The van der Waals surface area contributed by atoms with Gasteiger partial charge >= 0.3 is 0 Å². The molecule has 1 aliphatic rings. The highest BCUT2D eigenvalue weighted by atomic mass is 19.3. The molecule has 0 aromatic rings. The molecule has 66 valence electrons. The van der Waals surface area contributed by atoms with E-state index >= 15 is 0 Å². The molecule has 1 rings (SSSR count). The van der Waals surface area contributed by atoms with Gasteiger partial charge in [0.25, 0.3) is 0 Å². The minimum absolute atomic E-state index is 0.0729. The molecule has 1 aliphatic carbocycles. The Morgan fingerprint density at radius 3 is 2.36 bits per heavy atom. The van der Waals surface area contributed by atoms with Crippen molar-refractivity contribution in [3.8, 4) is 0 Å². The summed E-state index contributed by atoms with van der Waals surface area (Å²) in [4.78, 5) is 0. The van der Waals surface area contributed by atoms with Crippen LogP contribution in [0.25, 0.3) is 0 Å². The van der Waals surface area contributed by atoms with E-state index in [0.29, 0.717) is 13.0 Å². The monoisotopic (exact) mass is 163 g/mol. The molecule has 0 spiro atoms. The summed E-state index contributed by atoms with van der Waals surface area (Å²) in [7, 11) is 0. The highest BCUT2D eigenvalue weighted by Gasteiger charge is 2.30. The third-order valence-corrected chi connectivity index (χ3v) is 2.59. The van der Waals surface area contributed by atoms with Gasteiger partial charge in [-0.25, -0.2) is 8.78 Å². The van der Waals surface area contributed by atoms with Crippen LogP contribution in [0.1, 0.15) is 25.7 Å². The van der Waals surface area contributed by atoms with E-state index in [-0.39, 0.29) is 5.92 Å². The second-order valence-corrected chi connectivity index (χ2v) is 3.28. The van der Waals surface area contributed by atoms with Crippen LogP contribution in [-0.4, -0.2) is 13.0 Å². The number of halogens is 2. The van der Waals surface area contributed by atoms with Crippen molar-refractivity contribution in [2.75, 3.05) is 6.54 Å². The molecule has 0 radical (unpaired) electrons. The van der Waals surface area contributed by atoms with E-state index in [1.807, 2.05) is 0 Å². The average molecular weight is 163 g/mol. The van der Waals surface area contributed by atoms with Crippen molar-refractivity contribution in [2.24, 2.45) is 17.6 Å². The van der Waals surface area contributed by atoms with Gasteiger partial charge in [-0.1, -0.05) is 12.8 Å². The predicted octanol–water partition coefficient (Wildman–Crippen LogP) is 2.02. The predicted molar refractivity (Wildman–Crippen MR) is 40.5 cm³/mol. The Kier molecular flexibility index (Phi) is 3.24. The first-order chi connectivity index (χ1) is 5.25. The highest BCUT2D eigenvalue weighted by Crippen LogP contribution is 2.33. The summed E-state index contributed by atoms with van der Waals surface area (Å²) in [6, 6.07) is 0. The number of hydrogen-bond donors (Lipinski definition) is 1. The van der Waals surface area contributed by atoms with Gasteiger partial charge in [0, 0.05) is 5.92 Å². The van der Waals surface area contributed by atoms with E-state index in [1.165, 1.54) is 0 Å². The van der Waals surface area contributed by atoms with E-state index in [4.69, 9.17) is 5.73 Å². The van der Waals surface area contributed by atoms with Crippen LogP contribution in [0.2, 0.25) is 0 Å². The van der Waals surface area contributed by atoms with Gasteiger partial charge in [-0.3, -0.25) is 0 Å². The maximum Gasteiger partial charge on any atom is 0.241 e. The molecule has 0 amide bonds. The lowest BCUT2D eigenvalue weighted by Gasteiger charge is -2.29. The van der Waals surface area contributed by atoms with Gasteiger partial charge in [0.05, 0.1) is 0 Å². The minimum Gasteiger partial charge on any atom is -0.330 e. The molecule has 0 bridgehead atoms. The summed E-state index contributed by atoms with van der Waals surface area (Å²) in [5.74, 6) is -0.350. The topological polar surface area (TPSA) is 26.0 Å². The van der Waals surface area contributed by atoms with Gasteiger partial charge in [-0.05, 0) is 25.3 Å². The number of alkyl halides is 2. The molecule has 11 heavy (non-hydrogen) atoms. The van der Waals surface area contributed by atoms with Gasteiger partial charge in [-0.15, -0.1) is 0 Å². The smallest absolute Gasteiger partial charge is 0.241 e. The molecule has 0 aromatic carbocycles. The van der Waals surface area contributed by atoms with Gasteiger partial charge in [0.1, 0.15) is 0 Å². The molecule has 0 aromatic heterocycles. The van der Waals surface area contributed by atoms with E-state index in [1.54, 1.807) is 0 Å². The van der Waals surface area contributed by atoms with Crippen molar-refractivity contribution in [2.45, 2.75) is 32.1 Å². The zero-order chi connectivity index (χ0) is 8.27. The quantitative estimate of drug-likeness (QED) is 0.662. The van der Waals surface area contributed by atoms with Crippen LogP contribution >= 0.6 is 0 Å². The molecule has 0 aliphatic heterocycles. The van der Waals surface area contributed by atoms with Crippen LogP contribution in [0.3, 0.4) is 0 Å². The Morgan fingerprint density at radius 2 is 1.91 bits per heavy atom. The molecule has 3 heteroatoms. The maximum atomic E-state index is 12.3. The maximum absolute atomic E-state index is 12.3. The molecule has 0 heterocycles. The lowest BCUT2D eigenvalue weighted by atomic mass is 9.79. The summed E-state index contributed by atoms with van der Waals surface area (Å²) >= 11 is 0. The Bertz CT molecular complexity index is 117. The van der Waals surface area contributed by atoms with Crippen molar-refractivity contribution in [1.29, 1.82) is 0 Å². The highest BCUT2D eigenvalue weighted by molar-refractivity contribution is 4.77. The van der Waals surface area contributed by atoms with Crippen LogP contribution in [0.15, 0.2) is 0 Å². The zero-order valence-corrected chi connectivity index (χ0v) is 6.60. The van der Waals surface area contributed by atoms with Crippen LogP contribution < -0.4 is 5.73 Å². The van der Waals surface area contributed by atoms with Crippen LogP contribution in [-0.2, 0) is 0 Å². The third-order valence-electron chi connectivity index (χ3n) is 2.59. The van der Waals surface area contributed by atoms with Crippen LogP contribution in [0.5, 0.6) is 0 Å². The second kappa shape index (κ2) is 4.00. The van der Waals surface area contributed by atoms with Crippen LogP contribution in [0, 0.1) is 11.8 Å². The number of rotatable bonds is 2. The van der Waals surface area contributed by atoms with Crippen molar-refractivity contribution < 1.29 is 8.78 Å². The van der Waals surface area contributed by atoms with Crippen molar-refractivity contribution in [3.63, 3.8) is 0 Å². The van der Waals surface area contributed by atoms with Crippen molar-refractivity contribution in [1.82, 2.24) is 0 Å². The van der Waals surface area contributed by atoms with E-state index in [9.17, 15) is 8.78 Å². The van der Waals surface area contributed by atoms with E-state index in [2.05, 4.69) is 0 Å². The Hall–Kier alpha value is -0.180. The normalized spacial score (nSPS) is 32.7. The first-order valence-corrected chi connectivity index (χ1v) is 4.24. The first-order valence-electron chi connectivity index (χ1n) is 4.24. The van der Waals surface area contributed by atoms with Crippen LogP contribution in [0.4, 0.5) is 8.78 Å². The summed E-state index contributed by atoms with van der Waals surface area (Å²) in [6.07, 6.45) is 1.42. The molecular formula is C8H15F2N. The number of nitrogens with two attached hydrogens (primary N) is 1. The fourth-order valence-electron chi connectivity index (χ4n) is 1.86. The van der Waals surface area contributed by atoms with Gasteiger partial charge in [-0.2, -0.15) is 0 Å². The first kappa shape index (κ1) is 8.91. The number of hydrogen-bond acceptors (Lipinski definition) is 1. The minimum atomic E-state index is -2.16. The fraction of sp³-hybridized carbons (Fsp3) is 1.00. The van der Waals surface area contributed by atoms with Gasteiger partial charge in [0.2, 0.25) is 6.43 Å². The van der Waals surface area contributed by atoms with Gasteiger partial charge in [0.15, 0.2) is 0 Å². The molecule has 1 fully saturated rings. The molecule has 2 atom stereocenters. The standard InChI is InChI=1S/C8H15F2N/c9-8(10)7-4-2-1-3-6(7)5-11/h6-8H,1-5,11H2/t6-,7-/m1/s1. The average Bonchev–Trinajstić information content (AvgIpc) is 2.04. The largest absolute Gasteiger partial charge is 0.330 e. The van der Waals surface area contributed by atoms with E-state index < -0.39 is 12.3 Å². The Morgan fingerprint density at radius 1 is 1.27 bits per heavy atom. The Balaban J connectivity index is 2.44. The molecular weight excluding hydrogens is 148 g/mol. The van der Waals surface area contributed by atoms with Crippen molar-refractivity contribution in [3.05, 3.63) is 0 Å². The zero-order valence-electron chi connectivity index (χ0n) is 6.60. The fourth-order valence-corrected chi connectivity index (χ4v) is 1.86. The van der Waals surface area contributed by atoms with E-state index in [0.717, 1.165) is 19.3 Å². The lowest BCUT2D eigenvalue weighted by Crippen LogP contribution is -2.31. The molecule has 1 saturated carbocycles. The summed E-state index contributed by atoms with van der Waals surface area (Å²) in [5, 5.41) is 0. The molecule has 2 N–H and O–H groups in total.